The van der Waals surface area contributed by atoms with Crippen molar-refractivity contribution < 1.29 is 19.0 Å². The molecule has 0 aromatic carbocycles. The summed E-state index contributed by atoms with van der Waals surface area (Å²) in [4.78, 5) is 22.5. The van der Waals surface area contributed by atoms with Gasteiger partial charge in [-0.15, -0.1) is 5.10 Å². The minimum absolute atomic E-state index is 0.253. The van der Waals surface area contributed by atoms with E-state index in [1.165, 1.54) is 0 Å². The van der Waals surface area contributed by atoms with Crippen LogP contribution in [0.3, 0.4) is 0 Å². The highest BCUT2D eigenvalue weighted by Crippen LogP contribution is 2.32. The van der Waals surface area contributed by atoms with Crippen molar-refractivity contribution in [3.05, 3.63) is 6.20 Å². The van der Waals surface area contributed by atoms with Crippen molar-refractivity contribution in [1.29, 1.82) is 0 Å². The highest BCUT2D eigenvalue weighted by atomic mass is 16.7. The van der Waals surface area contributed by atoms with Gasteiger partial charge in [0.15, 0.2) is 11.6 Å². The van der Waals surface area contributed by atoms with Crippen LogP contribution >= 0.6 is 0 Å². The number of carbonyl (C=O) groups excluding carboxylic acids is 1. The number of rotatable bonds is 3. The standard InChI is InChI=1S/C17H26N6O4/c1-2-25-16(24)23-9-7-21(8-10-23)14-13-18-20-15(19-14)22-5-3-17(4-6-22)26-11-12-27-17/h13H,2-12H2,1H3. The van der Waals surface area contributed by atoms with E-state index >= 15 is 0 Å². The van der Waals surface area contributed by atoms with Crippen molar-refractivity contribution in [2.75, 3.05) is 68.9 Å². The van der Waals surface area contributed by atoms with E-state index in [4.69, 9.17) is 19.2 Å². The third kappa shape index (κ3) is 3.91. The van der Waals surface area contributed by atoms with Crippen LogP contribution in [0.25, 0.3) is 0 Å². The predicted molar refractivity (Wildman–Crippen MR) is 96.7 cm³/mol. The summed E-state index contributed by atoms with van der Waals surface area (Å²) >= 11 is 0. The molecule has 0 atom stereocenters. The Morgan fingerprint density at radius 2 is 1.81 bits per heavy atom. The molecule has 10 nitrogen and oxygen atoms in total. The number of carbonyl (C=O) groups is 1. The van der Waals surface area contributed by atoms with Crippen LogP contribution in [-0.4, -0.2) is 91.1 Å². The molecule has 0 N–H and O–H groups in total. The Hall–Kier alpha value is -2.20. The molecule has 0 radical (unpaired) electrons. The highest BCUT2D eigenvalue weighted by Gasteiger charge is 2.40. The molecule has 27 heavy (non-hydrogen) atoms. The van der Waals surface area contributed by atoms with E-state index in [0.717, 1.165) is 31.7 Å². The van der Waals surface area contributed by atoms with Crippen molar-refractivity contribution >= 4 is 17.9 Å². The fraction of sp³-hybridized carbons (Fsp3) is 0.765. The Balaban J connectivity index is 1.35. The summed E-state index contributed by atoms with van der Waals surface area (Å²) in [6, 6.07) is 0. The quantitative estimate of drug-likeness (QED) is 0.745. The number of hydrogen-bond acceptors (Lipinski definition) is 9. The van der Waals surface area contributed by atoms with Gasteiger partial charge in [0.25, 0.3) is 0 Å². The lowest BCUT2D eigenvalue weighted by molar-refractivity contribution is -0.169. The second-order valence-electron chi connectivity index (χ2n) is 6.88. The summed E-state index contributed by atoms with van der Waals surface area (Å²) in [5.41, 5.74) is 0. The van der Waals surface area contributed by atoms with Gasteiger partial charge >= 0.3 is 6.09 Å². The molecule has 3 aliphatic rings. The maximum atomic E-state index is 11.8. The molecule has 10 heteroatoms. The van der Waals surface area contributed by atoms with Crippen LogP contribution < -0.4 is 9.80 Å². The van der Waals surface area contributed by atoms with Gasteiger partial charge in [0.2, 0.25) is 5.95 Å². The lowest BCUT2D eigenvalue weighted by Crippen LogP contribution is -2.49. The molecule has 0 saturated carbocycles. The van der Waals surface area contributed by atoms with Gasteiger partial charge in [0.1, 0.15) is 0 Å². The average molecular weight is 378 g/mol. The van der Waals surface area contributed by atoms with E-state index < -0.39 is 5.79 Å². The summed E-state index contributed by atoms with van der Waals surface area (Å²) < 4.78 is 16.6. The molecular formula is C17H26N6O4. The van der Waals surface area contributed by atoms with Crippen molar-refractivity contribution in [3.8, 4) is 0 Å². The van der Waals surface area contributed by atoms with E-state index in [-0.39, 0.29) is 6.09 Å². The number of hydrogen-bond donors (Lipinski definition) is 0. The topological polar surface area (TPSA) is 93.2 Å². The third-order valence-corrected chi connectivity index (χ3v) is 5.29. The van der Waals surface area contributed by atoms with Gasteiger partial charge in [0.05, 0.1) is 26.0 Å². The van der Waals surface area contributed by atoms with Crippen LogP contribution in [-0.2, 0) is 14.2 Å². The SMILES string of the molecule is CCOC(=O)N1CCN(c2cnnc(N3CCC4(CC3)OCCO4)n2)CC1. The molecule has 1 spiro atoms. The lowest BCUT2D eigenvalue weighted by Gasteiger charge is -2.38. The van der Waals surface area contributed by atoms with E-state index in [0.29, 0.717) is 51.9 Å². The van der Waals surface area contributed by atoms with Crippen molar-refractivity contribution in [3.63, 3.8) is 0 Å². The van der Waals surface area contributed by atoms with Crippen LogP contribution in [0.1, 0.15) is 19.8 Å². The van der Waals surface area contributed by atoms with Gasteiger partial charge in [-0.1, -0.05) is 0 Å². The molecule has 3 saturated heterocycles. The van der Waals surface area contributed by atoms with Crippen LogP contribution in [0, 0.1) is 0 Å². The molecule has 0 unspecified atom stereocenters. The van der Waals surface area contributed by atoms with Gasteiger partial charge in [-0.2, -0.15) is 10.1 Å². The third-order valence-electron chi connectivity index (χ3n) is 5.29. The van der Waals surface area contributed by atoms with Gasteiger partial charge in [-0.25, -0.2) is 4.79 Å². The summed E-state index contributed by atoms with van der Waals surface area (Å²) in [6.07, 6.45) is 3.03. The lowest BCUT2D eigenvalue weighted by atomic mass is 10.0. The first-order valence-electron chi connectivity index (χ1n) is 9.58. The number of ether oxygens (including phenoxy) is 3. The second-order valence-corrected chi connectivity index (χ2v) is 6.88. The molecular weight excluding hydrogens is 352 g/mol. The fourth-order valence-corrected chi connectivity index (χ4v) is 3.74. The maximum absolute atomic E-state index is 11.8. The van der Waals surface area contributed by atoms with Crippen LogP contribution in [0.15, 0.2) is 6.20 Å². The number of nitrogens with zero attached hydrogens (tertiary/aromatic N) is 6. The smallest absolute Gasteiger partial charge is 0.409 e. The van der Waals surface area contributed by atoms with Crippen molar-refractivity contribution in [2.45, 2.75) is 25.6 Å². The monoisotopic (exact) mass is 378 g/mol. The van der Waals surface area contributed by atoms with Crippen LogP contribution in [0.5, 0.6) is 0 Å². The Morgan fingerprint density at radius 1 is 1.11 bits per heavy atom. The summed E-state index contributed by atoms with van der Waals surface area (Å²) in [5.74, 6) is 1.01. The largest absolute Gasteiger partial charge is 0.450 e. The molecule has 1 aromatic heterocycles. The first-order chi connectivity index (χ1) is 13.2. The molecule has 148 valence electrons. The number of aromatic nitrogens is 3. The summed E-state index contributed by atoms with van der Waals surface area (Å²) in [5, 5.41) is 8.36. The van der Waals surface area contributed by atoms with Crippen molar-refractivity contribution in [2.24, 2.45) is 0 Å². The average Bonchev–Trinajstić information content (AvgIpc) is 3.17. The molecule has 0 aliphatic carbocycles. The Labute approximate surface area is 158 Å². The second kappa shape index (κ2) is 7.81. The molecule has 3 fully saturated rings. The minimum atomic E-state index is -0.412. The van der Waals surface area contributed by atoms with E-state index in [1.54, 1.807) is 11.1 Å². The Morgan fingerprint density at radius 3 is 2.48 bits per heavy atom. The molecule has 0 bridgehead atoms. The number of amides is 1. The molecule has 4 heterocycles. The molecule has 1 aromatic rings. The Bertz CT molecular complexity index is 651. The Kier molecular flexibility index (Phi) is 5.26. The zero-order chi connectivity index (χ0) is 18.7. The summed E-state index contributed by atoms with van der Waals surface area (Å²) in [6.45, 7) is 7.73. The maximum Gasteiger partial charge on any atom is 0.409 e. The first kappa shape index (κ1) is 18.2. The molecule has 4 rings (SSSR count). The minimum Gasteiger partial charge on any atom is -0.450 e. The zero-order valence-electron chi connectivity index (χ0n) is 15.7. The summed E-state index contributed by atoms with van der Waals surface area (Å²) in [7, 11) is 0. The van der Waals surface area contributed by atoms with E-state index in [1.807, 2.05) is 6.92 Å². The van der Waals surface area contributed by atoms with Gasteiger partial charge in [-0.3, -0.25) is 0 Å². The number of piperazine rings is 1. The van der Waals surface area contributed by atoms with Crippen LogP contribution in [0.4, 0.5) is 16.6 Å². The van der Waals surface area contributed by atoms with E-state index in [9.17, 15) is 4.79 Å². The van der Waals surface area contributed by atoms with E-state index in [2.05, 4.69) is 20.0 Å². The zero-order valence-corrected chi connectivity index (χ0v) is 15.7. The number of piperidine rings is 1. The van der Waals surface area contributed by atoms with Gasteiger partial charge < -0.3 is 28.9 Å². The number of anilines is 2. The highest BCUT2D eigenvalue weighted by molar-refractivity contribution is 5.68. The normalized spacial score (nSPS) is 22.3. The van der Waals surface area contributed by atoms with Crippen molar-refractivity contribution in [1.82, 2.24) is 20.1 Å². The molecule has 1 amide bonds. The predicted octanol–water partition coefficient (Wildman–Crippen LogP) is 0.493. The molecule has 3 aliphatic heterocycles. The van der Waals surface area contributed by atoms with Gasteiger partial charge in [-0.05, 0) is 6.92 Å². The fourth-order valence-electron chi connectivity index (χ4n) is 3.74. The first-order valence-corrected chi connectivity index (χ1v) is 9.58. The van der Waals surface area contributed by atoms with Gasteiger partial charge in [0, 0.05) is 52.1 Å². The van der Waals surface area contributed by atoms with Crippen LogP contribution in [0.2, 0.25) is 0 Å².